The van der Waals surface area contributed by atoms with Gasteiger partial charge in [-0.1, -0.05) is 0 Å². The van der Waals surface area contributed by atoms with Crippen molar-refractivity contribution in [3.8, 4) is 0 Å². The summed E-state index contributed by atoms with van der Waals surface area (Å²) in [6.45, 7) is 0. The number of hydrogen-bond donors (Lipinski definition) is 0. The van der Waals surface area contributed by atoms with Crippen molar-refractivity contribution in [2.45, 2.75) is 35.4 Å². The standard InChI is InChI=1S/C8H13FO5S2/c1-14-15(10,11)6-7(2-3-7)16(12,13)8(9)4-5-8/h2-6H2,1H3. The Labute approximate surface area is 94.0 Å². The van der Waals surface area contributed by atoms with Crippen LogP contribution in [0.25, 0.3) is 0 Å². The molecule has 0 spiro atoms. The quantitative estimate of drug-likeness (QED) is 0.676. The molecular formula is C8H13FO5S2. The summed E-state index contributed by atoms with van der Waals surface area (Å²) >= 11 is 0. The van der Waals surface area contributed by atoms with Crippen molar-refractivity contribution in [1.29, 1.82) is 0 Å². The van der Waals surface area contributed by atoms with Crippen LogP contribution in [0.2, 0.25) is 0 Å². The van der Waals surface area contributed by atoms with E-state index >= 15 is 0 Å². The summed E-state index contributed by atoms with van der Waals surface area (Å²) in [6, 6.07) is 0. The molecule has 0 unspecified atom stereocenters. The van der Waals surface area contributed by atoms with Crippen molar-refractivity contribution in [3.63, 3.8) is 0 Å². The van der Waals surface area contributed by atoms with Crippen LogP contribution in [0.4, 0.5) is 4.39 Å². The lowest BCUT2D eigenvalue weighted by Gasteiger charge is -2.17. The molecule has 8 heteroatoms. The molecule has 0 aromatic carbocycles. The predicted molar refractivity (Wildman–Crippen MR) is 54.8 cm³/mol. The number of halogens is 1. The van der Waals surface area contributed by atoms with Gasteiger partial charge in [0.2, 0.25) is 5.00 Å². The highest BCUT2D eigenvalue weighted by Crippen LogP contribution is 2.57. The first-order valence-corrected chi connectivity index (χ1v) is 7.96. The Bertz CT molecular complexity index is 499. The lowest BCUT2D eigenvalue weighted by molar-refractivity contribution is 0.388. The van der Waals surface area contributed by atoms with Crippen molar-refractivity contribution < 1.29 is 25.4 Å². The fourth-order valence-electron chi connectivity index (χ4n) is 1.77. The molecule has 2 saturated carbocycles. The van der Waals surface area contributed by atoms with Crippen molar-refractivity contribution in [1.82, 2.24) is 0 Å². The van der Waals surface area contributed by atoms with Crippen LogP contribution < -0.4 is 0 Å². The fourth-order valence-corrected chi connectivity index (χ4v) is 5.93. The average Bonchev–Trinajstić information content (AvgIpc) is 3.04. The van der Waals surface area contributed by atoms with Gasteiger partial charge in [0, 0.05) is 0 Å². The van der Waals surface area contributed by atoms with Gasteiger partial charge < -0.3 is 0 Å². The maximum atomic E-state index is 13.7. The van der Waals surface area contributed by atoms with E-state index in [9.17, 15) is 21.2 Å². The van der Waals surface area contributed by atoms with Gasteiger partial charge in [-0.15, -0.1) is 0 Å². The van der Waals surface area contributed by atoms with Crippen molar-refractivity contribution >= 4 is 20.0 Å². The maximum absolute atomic E-state index is 13.7. The predicted octanol–water partition coefficient (Wildman–Crippen LogP) is 0.370. The van der Waals surface area contributed by atoms with Crippen LogP contribution >= 0.6 is 0 Å². The summed E-state index contributed by atoms with van der Waals surface area (Å²) in [7, 11) is -6.93. The zero-order valence-electron chi connectivity index (χ0n) is 8.77. The van der Waals surface area contributed by atoms with Crippen molar-refractivity contribution in [3.05, 3.63) is 0 Å². The van der Waals surface area contributed by atoms with Gasteiger partial charge in [-0.25, -0.2) is 12.8 Å². The van der Waals surface area contributed by atoms with E-state index < -0.39 is 35.5 Å². The molecule has 0 amide bonds. The van der Waals surface area contributed by atoms with Crippen LogP contribution in [0.15, 0.2) is 0 Å². The molecule has 16 heavy (non-hydrogen) atoms. The minimum atomic E-state index is -4.02. The maximum Gasteiger partial charge on any atom is 0.268 e. The summed E-state index contributed by atoms with van der Waals surface area (Å²) < 4.78 is 62.7. The highest BCUT2D eigenvalue weighted by Gasteiger charge is 2.69. The van der Waals surface area contributed by atoms with Crippen molar-refractivity contribution in [2.75, 3.05) is 12.9 Å². The molecule has 0 heterocycles. The van der Waals surface area contributed by atoms with Crippen LogP contribution in [-0.4, -0.2) is 39.4 Å². The Morgan fingerprint density at radius 1 is 1.12 bits per heavy atom. The van der Waals surface area contributed by atoms with E-state index in [1.807, 2.05) is 0 Å². The average molecular weight is 272 g/mol. The molecule has 0 aromatic rings. The topological polar surface area (TPSA) is 77.5 Å². The molecule has 2 aliphatic carbocycles. The van der Waals surface area contributed by atoms with E-state index in [2.05, 4.69) is 4.18 Å². The van der Waals surface area contributed by atoms with Gasteiger partial charge in [0.1, 0.15) is 0 Å². The fraction of sp³-hybridized carbons (Fsp3) is 1.00. The summed E-state index contributed by atoms with van der Waals surface area (Å²) in [5, 5.41) is -2.19. The molecule has 0 aliphatic heterocycles. The second-order valence-corrected chi connectivity index (χ2v) is 8.78. The van der Waals surface area contributed by atoms with Gasteiger partial charge in [0.15, 0.2) is 9.84 Å². The molecule has 0 atom stereocenters. The first kappa shape index (κ1) is 12.3. The van der Waals surface area contributed by atoms with E-state index in [4.69, 9.17) is 0 Å². The van der Waals surface area contributed by atoms with E-state index in [1.165, 1.54) is 0 Å². The van der Waals surface area contributed by atoms with Crippen LogP contribution in [0.5, 0.6) is 0 Å². The smallest absolute Gasteiger partial charge is 0.268 e. The van der Waals surface area contributed by atoms with Crippen LogP contribution in [0, 0.1) is 0 Å². The lowest BCUT2D eigenvalue weighted by atomic mass is 10.5. The molecule has 0 radical (unpaired) electrons. The molecule has 0 aromatic heterocycles. The highest BCUT2D eigenvalue weighted by molar-refractivity contribution is 7.96. The molecule has 2 fully saturated rings. The summed E-state index contributed by atoms with van der Waals surface area (Å²) in [5.41, 5.74) is 0. The van der Waals surface area contributed by atoms with Gasteiger partial charge >= 0.3 is 0 Å². The Kier molecular flexibility index (Phi) is 2.43. The second kappa shape index (κ2) is 3.17. The van der Waals surface area contributed by atoms with Crippen LogP contribution in [0.1, 0.15) is 25.7 Å². The van der Waals surface area contributed by atoms with E-state index in [-0.39, 0.29) is 25.7 Å². The Morgan fingerprint density at radius 3 is 1.94 bits per heavy atom. The molecule has 5 nitrogen and oxygen atoms in total. The van der Waals surface area contributed by atoms with Gasteiger partial charge in [0.25, 0.3) is 10.1 Å². The monoisotopic (exact) mass is 272 g/mol. The van der Waals surface area contributed by atoms with E-state index in [0.29, 0.717) is 0 Å². The van der Waals surface area contributed by atoms with Crippen LogP contribution in [-0.2, 0) is 24.1 Å². The molecule has 0 bridgehead atoms. The van der Waals surface area contributed by atoms with E-state index in [0.717, 1.165) is 7.11 Å². The summed E-state index contributed by atoms with van der Waals surface area (Å²) in [6.07, 6.45) is 0.349. The van der Waals surface area contributed by atoms with E-state index in [1.54, 1.807) is 0 Å². The third-order valence-electron chi connectivity index (χ3n) is 3.20. The minimum absolute atomic E-state index is 0.0237. The molecule has 0 N–H and O–H groups in total. The normalized spacial score (nSPS) is 26.4. The zero-order chi connectivity index (χ0) is 12.2. The van der Waals surface area contributed by atoms with Gasteiger partial charge in [-0.3, -0.25) is 4.18 Å². The van der Waals surface area contributed by atoms with Crippen LogP contribution in [0.3, 0.4) is 0 Å². The molecule has 0 saturated heterocycles. The van der Waals surface area contributed by atoms with Gasteiger partial charge in [0.05, 0.1) is 17.6 Å². The van der Waals surface area contributed by atoms with Gasteiger partial charge in [-0.05, 0) is 25.7 Å². The summed E-state index contributed by atoms with van der Waals surface area (Å²) in [4.78, 5) is 0. The Morgan fingerprint density at radius 2 is 1.62 bits per heavy atom. The largest absolute Gasteiger partial charge is 0.273 e. The first-order chi connectivity index (χ1) is 7.18. The Balaban J connectivity index is 2.28. The molecular weight excluding hydrogens is 259 g/mol. The lowest BCUT2D eigenvalue weighted by Crippen LogP contribution is -2.38. The Hall–Kier alpha value is -0.210. The second-order valence-electron chi connectivity index (χ2n) is 4.44. The zero-order valence-corrected chi connectivity index (χ0v) is 10.4. The summed E-state index contributed by atoms with van der Waals surface area (Å²) in [5.74, 6) is -0.634. The number of hydrogen-bond acceptors (Lipinski definition) is 5. The highest BCUT2D eigenvalue weighted by atomic mass is 32.2. The molecule has 2 rings (SSSR count). The number of alkyl halides is 1. The molecule has 2 aliphatic rings. The third-order valence-corrected chi connectivity index (χ3v) is 7.86. The number of rotatable bonds is 5. The van der Waals surface area contributed by atoms with Gasteiger partial charge in [-0.2, -0.15) is 8.42 Å². The SMILES string of the molecule is COS(=O)(=O)CC1(S(=O)(=O)C2(F)CC2)CC1. The third kappa shape index (κ3) is 1.67. The molecule has 94 valence electrons. The van der Waals surface area contributed by atoms with Crippen molar-refractivity contribution in [2.24, 2.45) is 0 Å². The minimum Gasteiger partial charge on any atom is -0.273 e. The number of sulfone groups is 1. The first-order valence-electron chi connectivity index (χ1n) is 4.90.